The molecule has 1 atom stereocenters. The third-order valence-corrected chi connectivity index (χ3v) is 3.28. The van der Waals surface area contributed by atoms with Gasteiger partial charge in [-0.05, 0) is 36.8 Å². The quantitative estimate of drug-likeness (QED) is 0.743. The largest absolute Gasteiger partial charge is 0.294 e. The summed E-state index contributed by atoms with van der Waals surface area (Å²) >= 11 is 0. The van der Waals surface area contributed by atoms with Gasteiger partial charge in [0.1, 0.15) is 0 Å². The molecule has 84 valence electrons. The van der Waals surface area contributed by atoms with Crippen molar-refractivity contribution in [2.45, 2.75) is 38.5 Å². The Morgan fingerprint density at radius 2 is 2.06 bits per heavy atom. The highest BCUT2D eigenvalue weighted by Gasteiger charge is 2.23. The lowest BCUT2D eigenvalue weighted by atomic mass is 9.88. The summed E-state index contributed by atoms with van der Waals surface area (Å²) in [6.45, 7) is 2.09. The van der Waals surface area contributed by atoms with Gasteiger partial charge in [0.25, 0.3) is 0 Å². The van der Waals surface area contributed by atoms with Crippen molar-refractivity contribution in [3.8, 4) is 0 Å². The van der Waals surface area contributed by atoms with Crippen LogP contribution in [-0.2, 0) is 4.79 Å². The molecule has 0 N–H and O–H groups in total. The van der Waals surface area contributed by atoms with Crippen LogP contribution in [0.25, 0.3) is 0 Å². The Hall–Kier alpha value is -1.37. The van der Waals surface area contributed by atoms with Crippen molar-refractivity contribution in [2.75, 3.05) is 0 Å². The van der Waals surface area contributed by atoms with Crippen molar-refractivity contribution in [1.82, 2.24) is 0 Å². The van der Waals surface area contributed by atoms with Gasteiger partial charge in [0.2, 0.25) is 0 Å². The summed E-state index contributed by atoms with van der Waals surface area (Å²) in [7, 11) is 0. The molecule has 2 rings (SSSR count). The Labute approximate surface area is 97.2 Å². The summed E-state index contributed by atoms with van der Waals surface area (Å²) in [5.41, 5.74) is 2.21. The van der Waals surface area contributed by atoms with Crippen molar-refractivity contribution in [3.63, 3.8) is 0 Å². The van der Waals surface area contributed by atoms with E-state index in [4.69, 9.17) is 0 Å². The lowest BCUT2D eigenvalue weighted by molar-refractivity contribution is -0.117. The molecule has 0 aliphatic heterocycles. The third kappa shape index (κ3) is 2.24. The lowest BCUT2D eigenvalue weighted by Gasteiger charge is -2.14. The number of carbonyl (C=O) groups excluding carboxylic acids is 1. The smallest absolute Gasteiger partial charge is 0.165 e. The zero-order chi connectivity index (χ0) is 11.4. The molecule has 1 unspecified atom stereocenters. The number of Topliss-reactive ketones (excluding diaryl/α,β-unsaturated/α-hetero) is 1. The van der Waals surface area contributed by atoms with Crippen LogP contribution >= 0.6 is 0 Å². The van der Waals surface area contributed by atoms with E-state index in [0.717, 1.165) is 36.8 Å². The molecule has 0 fully saturated rings. The maximum atomic E-state index is 12.3. The Bertz CT molecular complexity index is 389. The van der Waals surface area contributed by atoms with E-state index in [1.807, 2.05) is 18.2 Å². The van der Waals surface area contributed by atoms with Gasteiger partial charge in [0.15, 0.2) is 5.78 Å². The van der Waals surface area contributed by atoms with Crippen LogP contribution in [0.4, 0.5) is 0 Å². The highest BCUT2D eigenvalue weighted by molar-refractivity contribution is 6.00. The molecule has 0 radical (unpaired) electrons. The Balaban J connectivity index is 2.20. The van der Waals surface area contributed by atoms with E-state index in [-0.39, 0.29) is 5.92 Å². The first-order chi connectivity index (χ1) is 7.83. The first kappa shape index (κ1) is 11.1. The van der Waals surface area contributed by atoms with Gasteiger partial charge < -0.3 is 0 Å². The minimum absolute atomic E-state index is 0.0607. The first-order valence-corrected chi connectivity index (χ1v) is 6.11. The number of hydrogen-bond acceptors (Lipinski definition) is 1. The monoisotopic (exact) mass is 214 g/mol. The first-order valence-electron chi connectivity index (χ1n) is 6.11. The van der Waals surface area contributed by atoms with Crippen LogP contribution in [0.15, 0.2) is 42.0 Å². The van der Waals surface area contributed by atoms with E-state index in [1.165, 1.54) is 0 Å². The normalized spacial score (nSPS) is 16.9. The molecule has 1 nitrogen and oxygen atoms in total. The van der Waals surface area contributed by atoms with E-state index in [9.17, 15) is 4.79 Å². The van der Waals surface area contributed by atoms with Crippen LogP contribution in [0.5, 0.6) is 0 Å². The van der Waals surface area contributed by atoms with Gasteiger partial charge in [-0.2, -0.15) is 0 Å². The standard InChI is InChI=1S/C15H18O/c1-2-14(12-8-4-3-5-9-12)15(16)13-10-6-7-11-13/h3-5,8-10,14H,2,6-7,11H2,1H3. The highest BCUT2D eigenvalue weighted by atomic mass is 16.1. The second-order valence-electron chi connectivity index (χ2n) is 4.36. The second-order valence-corrected chi connectivity index (χ2v) is 4.36. The molecule has 1 aliphatic carbocycles. The van der Waals surface area contributed by atoms with E-state index in [0.29, 0.717) is 5.78 Å². The predicted molar refractivity (Wildman–Crippen MR) is 66.4 cm³/mol. The van der Waals surface area contributed by atoms with Crippen LogP contribution < -0.4 is 0 Å². The molecule has 16 heavy (non-hydrogen) atoms. The molecule has 0 bridgehead atoms. The molecule has 1 aliphatic rings. The van der Waals surface area contributed by atoms with Crippen LogP contribution in [0.1, 0.15) is 44.1 Å². The van der Waals surface area contributed by atoms with Gasteiger partial charge in [-0.15, -0.1) is 0 Å². The molecule has 1 aromatic carbocycles. The highest BCUT2D eigenvalue weighted by Crippen LogP contribution is 2.28. The maximum absolute atomic E-state index is 12.3. The molecule has 0 amide bonds. The van der Waals surface area contributed by atoms with Gasteiger partial charge in [-0.1, -0.05) is 43.3 Å². The number of carbonyl (C=O) groups is 1. The molecule has 1 heteroatoms. The molecular weight excluding hydrogens is 196 g/mol. The molecule has 0 spiro atoms. The lowest BCUT2D eigenvalue weighted by Crippen LogP contribution is -2.13. The fraction of sp³-hybridized carbons (Fsp3) is 0.400. The summed E-state index contributed by atoms with van der Waals surface area (Å²) in [6, 6.07) is 10.1. The van der Waals surface area contributed by atoms with Crippen LogP contribution in [-0.4, -0.2) is 5.78 Å². The van der Waals surface area contributed by atoms with Crippen molar-refractivity contribution in [3.05, 3.63) is 47.5 Å². The SMILES string of the molecule is CCC(C(=O)C1=CCCC1)c1ccccc1. The fourth-order valence-electron chi connectivity index (χ4n) is 2.38. The molecular formula is C15H18O. The summed E-state index contributed by atoms with van der Waals surface area (Å²) in [5.74, 6) is 0.400. The van der Waals surface area contributed by atoms with Gasteiger partial charge in [0, 0.05) is 5.92 Å². The molecule has 0 aromatic heterocycles. The number of allylic oxidation sites excluding steroid dienone is 2. The second kappa shape index (κ2) is 5.11. The van der Waals surface area contributed by atoms with Crippen molar-refractivity contribution < 1.29 is 4.79 Å². The van der Waals surface area contributed by atoms with E-state index >= 15 is 0 Å². The summed E-state index contributed by atoms with van der Waals surface area (Å²) in [5, 5.41) is 0. The Morgan fingerprint density at radius 1 is 1.31 bits per heavy atom. The van der Waals surface area contributed by atoms with Gasteiger partial charge in [-0.3, -0.25) is 4.79 Å². The van der Waals surface area contributed by atoms with Gasteiger partial charge >= 0.3 is 0 Å². The predicted octanol–water partition coefficient (Wildman–Crippen LogP) is 3.86. The number of hydrogen-bond donors (Lipinski definition) is 0. The minimum Gasteiger partial charge on any atom is -0.294 e. The van der Waals surface area contributed by atoms with Gasteiger partial charge in [0.05, 0.1) is 0 Å². The van der Waals surface area contributed by atoms with Crippen molar-refractivity contribution >= 4 is 5.78 Å². The summed E-state index contributed by atoms with van der Waals surface area (Å²) < 4.78 is 0. The maximum Gasteiger partial charge on any atom is 0.165 e. The van der Waals surface area contributed by atoms with Crippen LogP contribution in [0, 0.1) is 0 Å². The Kier molecular flexibility index (Phi) is 3.55. The molecule has 0 saturated heterocycles. The summed E-state index contributed by atoms with van der Waals surface area (Å²) in [4.78, 5) is 12.3. The third-order valence-electron chi connectivity index (χ3n) is 3.28. The average molecular weight is 214 g/mol. The van der Waals surface area contributed by atoms with E-state index in [2.05, 4.69) is 25.1 Å². The minimum atomic E-state index is 0.0607. The zero-order valence-electron chi connectivity index (χ0n) is 9.78. The van der Waals surface area contributed by atoms with Crippen molar-refractivity contribution in [1.29, 1.82) is 0 Å². The fourth-order valence-corrected chi connectivity index (χ4v) is 2.38. The topological polar surface area (TPSA) is 17.1 Å². The van der Waals surface area contributed by atoms with Gasteiger partial charge in [-0.25, -0.2) is 0 Å². The Morgan fingerprint density at radius 3 is 2.62 bits per heavy atom. The molecule has 1 aromatic rings. The van der Waals surface area contributed by atoms with Crippen LogP contribution in [0.3, 0.4) is 0 Å². The van der Waals surface area contributed by atoms with Crippen LogP contribution in [0.2, 0.25) is 0 Å². The molecule has 0 saturated carbocycles. The number of benzene rings is 1. The average Bonchev–Trinajstić information content (AvgIpc) is 2.85. The number of ketones is 1. The van der Waals surface area contributed by atoms with E-state index < -0.39 is 0 Å². The van der Waals surface area contributed by atoms with Crippen molar-refractivity contribution in [2.24, 2.45) is 0 Å². The zero-order valence-corrected chi connectivity index (χ0v) is 9.78. The van der Waals surface area contributed by atoms with E-state index in [1.54, 1.807) is 0 Å². The summed E-state index contributed by atoms with van der Waals surface area (Å²) in [6.07, 6.45) is 6.20. The molecule has 0 heterocycles. The number of rotatable bonds is 4.